The molecule has 0 radical (unpaired) electrons. The van der Waals surface area contributed by atoms with Crippen molar-refractivity contribution < 1.29 is 9.72 Å². The molecule has 1 aliphatic carbocycles. The predicted octanol–water partition coefficient (Wildman–Crippen LogP) is 2.70. The first-order valence-corrected chi connectivity index (χ1v) is 8.21. The second-order valence-corrected chi connectivity index (χ2v) is 6.86. The van der Waals surface area contributed by atoms with E-state index >= 15 is 0 Å². The van der Waals surface area contributed by atoms with Gasteiger partial charge in [-0.25, -0.2) is 0 Å². The molecule has 23 heavy (non-hydrogen) atoms. The zero-order valence-corrected chi connectivity index (χ0v) is 13.7. The van der Waals surface area contributed by atoms with Crippen molar-refractivity contribution in [3.05, 3.63) is 33.9 Å². The first-order chi connectivity index (χ1) is 11.0. The summed E-state index contributed by atoms with van der Waals surface area (Å²) in [6.07, 6.45) is 4.68. The molecule has 1 aliphatic heterocycles. The summed E-state index contributed by atoms with van der Waals surface area (Å²) < 4.78 is 0. The topological polar surface area (TPSA) is 66.7 Å². The van der Waals surface area contributed by atoms with Crippen molar-refractivity contribution in [1.29, 1.82) is 0 Å². The zero-order valence-electron chi connectivity index (χ0n) is 13.7. The van der Waals surface area contributed by atoms with Gasteiger partial charge in [-0.1, -0.05) is 12.8 Å². The second kappa shape index (κ2) is 5.92. The van der Waals surface area contributed by atoms with Gasteiger partial charge < -0.3 is 9.80 Å². The third-order valence-corrected chi connectivity index (χ3v) is 5.10. The average molecular weight is 317 g/mol. The monoisotopic (exact) mass is 317 g/mol. The van der Waals surface area contributed by atoms with E-state index in [9.17, 15) is 14.9 Å². The molecule has 1 spiro atoms. The number of nitrogens with zero attached hydrogens (tertiary/aromatic N) is 3. The molecule has 0 saturated heterocycles. The summed E-state index contributed by atoms with van der Waals surface area (Å²) in [6.45, 7) is 1.51. The van der Waals surface area contributed by atoms with Gasteiger partial charge in [0.15, 0.2) is 0 Å². The minimum Gasteiger partial charge on any atom is -0.311 e. The van der Waals surface area contributed by atoms with E-state index in [1.807, 2.05) is 20.2 Å². The molecule has 1 heterocycles. The Balaban J connectivity index is 1.96. The Morgan fingerprint density at radius 3 is 2.61 bits per heavy atom. The summed E-state index contributed by atoms with van der Waals surface area (Å²) in [7, 11) is 4.01. The molecule has 124 valence electrons. The van der Waals surface area contributed by atoms with Crippen LogP contribution in [-0.4, -0.2) is 42.9 Å². The number of carbonyl (C=O) groups excluding carboxylic acids is 1. The first-order valence-electron chi connectivity index (χ1n) is 8.21. The Bertz CT molecular complexity index is 636. The number of nitro groups is 1. The lowest BCUT2D eigenvalue weighted by atomic mass is 9.80. The van der Waals surface area contributed by atoms with Crippen LogP contribution < -0.4 is 4.90 Å². The number of anilines is 1. The van der Waals surface area contributed by atoms with Crippen molar-refractivity contribution in [2.45, 2.75) is 37.5 Å². The molecule has 0 aromatic heterocycles. The van der Waals surface area contributed by atoms with Crippen LogP contribution in [0, 0.1) is 10.1 Å². The van der Waals surface area contributed by atoms with E-state index in [2.05, 4.69) is 4.90 Å². The van der Waals surface area contributed by atoms with Crippen LogP contribution in [0.4, 0.5) is 11.4 Å². The smallest absolute Gasteiger partial charge is 0.271 e. The second-order valence-electron chi connectivity index (χ2n) is 6.86. The Labute approximate surface area is 136 Å². The molecule has 2 aliphatic rings. The van der Waals surface area contributed by atoms with E-state index in [1.54, 1.807) is 11.0 Å². The maximum absolute atomic E-state index is 13.1. The van der Waals surface area contributed by atoms with Crippen molar-refractivity contribution in [2.75, 3.05) is 32.1 Å². The molecule has 1 amide bonds. The molecule has 1 aromatic rings. The van der Waals surface area contributed by atoms with Crippen LogP contribution in [-0.2, 0) is 10.2 Å². The number of carbonyl (C=O) groups is 1. The van der Waals surface area contributed by atoms with Gasteiger partial charge in [-0.15, -0.1) is 0 Å². The third-order valence-electron chi connectivity index (χ3n) is 5.10. The largest absolute Gasteiger partial charge is 0.311 e. The van der Waals surface area contributed by atoms with Gasteiger partial charge in [0, 0.05) is 18.7 Å². The normalized spacial score (nSPS) is 18.9. The minimum atomic E-state index is -0.428. The van der Waals surface area contributed by atoms with E-state index < -0.39 is 5.41 Å². The fourth-order valence-electron chi connectivity index (χ4n) is 3.97. The molecule has 0 unspecified atom stereocenters. The van der Waals surface area contributed by atoms with Gasteiger partial charge in [0.25, 0.3) is 5.69 Å². The summed E-state index contributed by atoms with van der Waals surface area (Å²) in [5.41, 5.74) is 1.38. The van der Waals surface area contributed by atoms with Gasteiger partial charge in [-0.05, 0) is 51.5 Å². The van der Waals surface area contributed by atoms with Gasteiger partial charge in [0.05, 0.1) is 16.0 Å². The summed E-state index contributed by atoms with van der Waals surface area (Å²) >= 11 is 0. The molecule has 1 saturated carbocycles. The Hall–Kier alpha value is -1.95. The highest BCUT2D eigenvalue weighted by molar-refractivity contribution is 6.08. The number of hydrogen-bond donors (Lipinski definition) is 0. The van der Waals surface area contributed by atoms with Crippen LogP contribution in [0.2, 0.25) is 0 Å². The number of amides is 1. The summed E-state index contributed by atoms with van der Waals surface area (Å²) in [5.74, 6) is 0.143. The van der Waals surface area contributed by atoms with E-state index in [0.717, 1.165) is 49.9 Å². The fourth-order valence-corrected chi connectivity index (χ4v) is 3.97. The van der Waals surface area contributed by atoms with E-state index in [4.69, 9.17) is 0 Å². The van der Waals surface area contributed by atoms with Gasteiger partial charge in [-0.3, -0.25) is 14.9 Å². The molecule has 1 aromatic carbocycles. The standard InChI is InChI=1S/C17H23N3O3/c1-18(2)10-5-11-19-15-12-13(20(22)23)6-7-14(15)17(16(19)21)8-3-4-9-17/h6-7,12H,3-5,8-11H2,1-2H3. The maximum atomic E-state index is 13.1. The minimum absolute atomic E-state index is 0.0595. The third kappa shape index (κ3) is 2.61. The molecule has 6 nitrogen and oxygen atoms in total. The summed E-state index contributed by atoms with van der Waals surface area (Å²) in [4.78, 5) is 27.7. The molecule has 0 bridgehead atoms. The van der Waals surface area contributed by atoms with Crippen LogP contribution in [0.3, 0.4) is 0 Å². The highest BCUT2D eigenvalue weighted by Gasteiger charge is 2.52. The van der Waals surface area contributed by atoms with Crippen molar-refractivity contribution in [3.8, 4) is 0 Å². The molecular formula is C17H23N3O3. The number of fused-ring (bicyclic) bond motifs is 2. The van der Waals surface area contributed by atoms with Crippen molar-refractivity contribution in [3.63, 3.8) is 0 Å². The van der Waals surface area contributed by atoms with E-state index in [1.165, 1.54) is 6.07 Å². The quantitative estimate of drug-likeness (QED) is 0.618. The van der Waals surface area contributed by atoms with E-state index in [-0.39, 0.29) is 16.5 Å². The number of hydrogen-bond acceptors (Lipinski definition) is 4. The highest BCUT2D eigenvalue weighted by atomic mass is 16.6. The molecule has 0 atom stereocenters. The van der Waals surface area contributed by atoms with Crippen LogP contribution in [0.15, 0.2) is 18.2 Å². The first kappa shape index (κ1) is 15.9. The van der Waals surface area contributed by atoms with Crippen molar-refractivity contribution in [2.24, 2.45) is 0 Å². The van der Waals surface area contributed by atoms with Crippen LogP contribution in [0.25, 0.3) is 0 Å². The molecule has 3 rings (SSSR count). The highest BCUT2D eigenvalue weighted by Crippen LogP contribution is 2.52. The van der Waals surface area contributed by atoms with Gasteiger partial charge in [-0.2, -0.15) is 0 Å². The lowest BCUT2D eigenvalue weighted by Crippen LogP contribution is -2.39. The van der Waals surface area contributed by atoms with Gasteiger partial charge in [0.1, 0.15) is 0 Å². The number of non-ortho nitro benzene ring substituents is 1. The molecular weight excluding hydrogens is 294 g/mol. The number of rotatable bonds is 5. The summed E-state index contributed by atoms with van der Waals surface area (Å²) in [6, 6.07) is 4.92. The lowest BCUT2D eigenvalue weighted by molar-refractivity contribution is -0.384. The number of benzene rings is 1. The van der Waals surface area contributed by atoms with Crippen molar-refractivity contribution in [1.82, 2.24) is 4.90 Å². The zero-order chi connectivity index (χ0) is 16.6. The Morgan fingerprint density at radius 2 is 2.00 bits per heavy atom. The number of nitro benzene ring substituents is 1. The lowest BCUT2D eigenvalue weighted by Gasteiger charge is -2.23. The maximum Gasteiger partial charge on any atom is 0.271 e. The summed E-state index contributed by atoms with van der Waals surface area (Å²) in [5, 5.41) is 11.1. The van der Waals surface area contributed by atoms with Crippen LogP contribution >= 0.6 is 0 Å². The van der Waals surface area contributed by atoms with Gasteiger partial charge >= 0.3 is 0 Å². The van der Waals surface area contributed by atoms with Gasteiger partial charge in [0.2, 0.25) is 5.91 Å². The molecule has 0 N–H and O–H groups in total. The van der Waals surface area contributed by atoms with E-state index in [0.29, 0.717) is 6.54 Å². The van der Waals surface area contributed by atoms with Crippen LogP contribution in [0.5, 0.6) is 0 Å². The Kier molecular flexibility index (Phi) is 4.10. The molecule has 6 heteroatoms. The van der Waals surface area contributed by atoms with Crippen molar-refractivity contribution >= 4 is 17.3 Å². The average Bonchev–Trinajstić information content (AvgIpc) is 3.08. The van der Waals surface area contributed by atoms with Crippen LogP contribution in [0.1, 0.15) is 37.7 Å². The molecule has 1 fully saturated rings. The Morgan fingerprint density at radius 1 is 1.30 bits per heavy atom. The SMILES string of the molecule is CN(C)CCCN1C(=O)C2(CCCC2)c2ccc([N+](=O)[O-])cc21. The predicted molar refractivity (Wildman–Crippen MR) is 88.8 cm³/mol. The fraction of sp³-hybridized carbons (Fsp3) is 0.588.